The van der Waals surface area contributed by atoms with Crippen LogP contribution in [0.2, 0.25) is 0 Å². The van der Waals surface area contributed by atoms with Crippen molar-refractivity contribution in [3.8, 4) is 0 Å². The van der Waals surface area contributed by atoms with Crippen LogP contribution in [0.25, 0.3) is 0 Å². The third-order valence-corrected chi connectivity index (χ3v) is 5.06. The van der Waals surface area contributed by atoms with Gasteiger partial charge in [0.15, 0.2) is 0 Å². The molecule has 0 unspecified atom stereocenters. The Balaban J connectivity index is 2.05. The number of thiocarbonyl (C=S) groups is 1. The van der Waals surface area contributed by atoms with Gasteiger partial charge in [0, 0.05) is 6.04 Å². The van der Waals surface area contributed by atoms with E-state index in [-0.39, 0.29) is 5.91 Å². The highest BCUT2D eigenvalue weighted by molar-refractivity contribution is 7.80. The van der Waals surface area contributed by atoms with Crippen molar-refractivity contribution >= 4 is 23.1 Å². The number of carbonyl (C=O) groups is 1. The Bertz CT molecular complexity index is 332. The number of hydrogen-bond donors (Lipinski definition) is 2. The summed E-state index contributed by atoms with van der Waals surface area (Å²) in [7, 11) is 0. The van der Waals surface area contributed by atoms with Gasteiger partial charge in [0.2, 0.25) is 5.91 Å². The Hall–Kier alpha value is -0.640. The van der Waals surface area contributed by atoms with Gasteiger partial charge in [0.1, 0.15) is 0 Å². The smallest absolute Gasteiger partial charge is 0.233 e. The maximum atomic E-state index is 12.6. The second-order valence-corrected chi connectivity index (χ2v) is 6.27. The van der Waals surface area contributed by atoms with Crippen LogP contribution >= 0.6 is 12.2 Å². The van der Waals surface area contributed by atoms with Crippen molar-refractivity contribution in [1.82, 2.24) is 5.32 Å². The average Bonchev–Trinajstić information content (AvgIpc) is 3.19. The predicted molar refractivity (Wildman–Crippen MR) is 77.2 cm³/mol. The van der Waals surface area contributed by atoms with Crippen molar-refractivity contribution < 1.29 is 4.79 Å². The molecule has 2 aliphatic carbocycles. The molecule has 4 heteroatoms. The Morgan fingerprint density at radius 3 is 2.00 bits per heavy atom. The molecule has 102 valence electrons. The monoisotopic (exact) mass is 268 g/mol. The van der Waals surface area contributed by atoms with E-state index in [1.165, 1.54) is 25.7 Å². The molecule has 0 aliphatic heterocycles. The van der Waals surface area contributed by atoms with Gasteiger partial charge in [-0.15, -0.1) is 0 Å². The van der Waals surface area contributed by atoms with E-state index in [4.69, 9.17) is 18.0 Å². The molecule has 0 spiro atoms. The summed E-state index contributed by atoms with van der Waals surface area (Å²) in [6.45, 7) is 3.98. The van der Waals surface area contributed by atoms with Crippen LogP contribution in [0.4, 0.5) is 0 Å². The van der Waals surface area contributed by atoms with Crippen LogP contribution in [-0.4, -0.2) is 16.9 Å². The molecular formula is C14H24N2OS. The van der Waals surface area contributed by atoms with Gasteiger partial charge in [-0.2, -0.15) is 0 Å². The second-order valence-electron chi connectivity index (χ2n) is 5.83. The quantitative estimate of drug-likeness (QED) is 0.697. The van der Waals surface area contributed by atoms with Crippen LogP contribution in [-0.2, 0) is 4.79 Å². The molecular weight excluding hydrogens is 244 g/mol. The molecule has 2 fully saturated rings. The SMILES string of the molecule is CCC(CC)(C(=O)NC(C1CC1)C1CC1)C(N)=S. The standard InChI is InChI=1S/C14H24N2OS/c1-3-14(4-2,12(15)18)13(17)16-11(9-5-6-9)10-7-8-10/h9-11H,3-8H2,1-2H3,(H2,15,18)(H,16,17). The minimum Gasteiger partial charge on any atom is -0.392 e. The van der Waals surface area contributed by atoms with Crippen LogP contribution in [0.5, 0.6) is 0 Å². The Kier molecular flexibility index (Phi) is 3.95. The first kappa shape index (κ1) is 13.8. The van der Waals surface area contributed by atoms with Crippen LogP contribution in [0.3, 0.4) is 0 Å². The van der Waals surface area contributed by atoms with E-state index in [1.54, 1.807) is 0 Å². The third kappa shape index (κ3) is 2.53. The van der Waals surface area contributed by atoms with Crippen LogP contribution in [0, 0.1) is 17.3 Å². The summed E-state index contributed by atoms with van der Waals surface area (Å²) in [6.07, 6.45) is 6.43. The van der Waals surface area contributed by atoms with E-state index in [2.05, 4.69) is 5.32 Å². The molecule has 0 aromatic heterocycles. The van der Waals surface area contributed by atoms with Gasteiger partial charge in [-0.3, -0.25) is 4.79 Å². The van der Waals surface area contributed by atoms with Gasteiger partial charge in [-0.25, -0.2) is 0 Å². The van der Waals surface area contributed by atoms with Crippen molar-refractivity contribution in [3.63, 3.8) is 0 Å². The minimum absolute atomic E-state index is 0.0591. The van der Waals surface area contributed by atoms with Crippen molar-refractivity contribution in [2.75, 3.05) is 0 Å². The average molecular weight is 268 g/mol. The molecule has 0 aromatic rings. The molecule has 2 rings (SSSR count). The predicted octanol–water partition coefficient (Wildman–Crippen LogP) is 2.38. The maximum absolute atomic E-state index is 12.6. The summed E-state index contributed by atoms with van der Waals surface area (Å²) in [5.74, 6) is 1.47. The lowest BCUT2D eigenvalue weighted by Gasteiger charge is -2.31. The van der Waals surface area contributed by atoms with Gasteiger partial charge in [0.25, 0.3) is 0 Å². The highest BCUT2D eigenvalue weighted by Gasteiger charge is 2.46. The van der Waals surface area contributed by atoms with E-state index in [9.17, 15) is 4.79 Å². The molecule has 0 radical (unpaired) electrons. The maximum Gasteiger partial charge on any atom is 0.233 e. The molecule has 1 amide bonds. The molecule has 2 saturated carbocycles. The largest absolute Gasteiger partial charge is 0.392 e. The summed E-state index contributed by atoms with van der Waals surface area (Å²) in [5, 5.41) is 3.26. The highest BCUT2D eigenvalue weighted by atomic mass is 32.1. The molecule has 0 bridgehead atoms. The van der Waals surface area contributed by atoms with E-state index in [0.717, 1.165) is 0 Å². The highest BCUT2D eigenvalue weighted by Crippen LogP contribution is 2.45. The van der Waals surface area contributed by atoms with Gasteiger partial charge < -0.3 is 11.1 Å². The van der Waals surface area contributed by atoms with Gasteiger partial charge in [-0.1, -0.05) is 26.1 Å². The first-order valence-corrected chi connectivity index (χ1v) is 7.56. The molecule has 0 saturated heterocycles. The summed E-state index contributed by atoms with van der Waals surface area (Å²) in [5.41, 5.74) is 5.18. The van der Waals surface area contributed by atoms with Crippen LogP contribution in [0.1, 0.15) is 52.4 Å². The molecule has 18 heavy (non-hydrogen) atoms. The fraction of sp³-hybridized carbons (Fsp3) is 0.857. The zero-order valence-electron chi connectivity index (χ0n) is 11.4. The minimum atomic E-state index is -0.642. The normalized spacial score (nSPS) is 19.9. The third-order valence-electron chi connectivity index (χ3n) is 4.67. The van der Waals surface area contributed by atoms with E-state index in [0.29, 0.717) is 35.7 Å². The number of nitrogens with one attached hydrogen (secondary N) is 1. The van der Waals surface area contributed by atoms with E-state index >= 15 is 0 Å². The number of nitrogens with two attached hydrogens (primary N) is 1. The van der Waals surface area contributed by atoms with E-state index in [1.807, 2.05) is 13.8 Å². The first-order chi connectivity index (χ1) is 8.55. The number of carbonyl (C=O) groups excluding carboxylic acids is 1. The lowest BCUT2D eigenvalue weighted by atomic mass is 9.81. The van der Waals surface area contributed by atoms with Crippen molar-refractivity contribution in [3.05, 3.63) is 0 Å². The second kappa shape index (κ2) is 5.16. The topological polar surface area (TPSA) is 55.1 Å². The molecule has 0 atom stereocenters. The molecule has 0 heterocycles. The lowest BCUT2D eigenvalue weighted by molar-refractivity contribution is -0.128. The van der Waals surface area contributed by atoms with Gasteiger partial charge in [-0.05, 0) is 50.4 Å². The van der Waals surface area contributed by atoms with Gasteiger partial charge >= 0.3 is 0 Å². The summed E-state index contributed by atoms with van der Waals surface area (Å²) >= 11 is 5.14. The first-order valence-electron chi connectivity index (χ1n) is 7.16. The number of rotatable bonds is 7. The summed E-state index contributed by atoms with van der Waals surface area (Å²) in [6, 6.07) is 0.379. The Morgan fingerprint density at radius 2 is 1.72 bits per heavy atom. The van der Waals surface area contributed by atoms with Crippen LogP contribution in [0.15, 0.2) is 0 Å². The molecule has 2 aliphatic rings. The Morgan fingerprint density at radius 1 is 1.28 bits per heavy atom. The Labute approximate surface area is 115 Å². The number of hydrogen-bond acceptors (Lipinski definition) is 2. The van der Waals surface area contributed by atoms with Crippen molar-refractivity contribution in [1.29, 1.82) is 0 Å². The lowest BCUT2D eigenvalue weighted by Crippen LogP contribution is -2.52. The van der Waals surface area contributed by atoms with Crippen molar-refractivity contribution in [2.24, 2.45) is 23.0 Å². The van der Waals surface area contributed by atoms with Gasteiger partial charge in [0.05, 0.1) is 10.4 Å². The summed E-state index contributed by atoms with van der Waals surface area (Å²) < 4.78 is 0. The van der Waals surface area contributed by atoms with Crippen molar-refractivity contribution in [2.45, 2.75) is 58.4 Å². The fourth-order valence-corrected chi connectivity index (χ4v) is 3.23. The van der Waals surface area contributed by atoms with E-state index < -0.39 is 5.41 Å². The molecule has 0 aromatic carbocycles. The molecule has 3 N–H and O–H groups in total. The zero-order chi connectivity index (χ0) is 13.3. The van der Waals surface area contributed by atoms with Crippen LogP contribution < -0.4 is 11.1 Å². The fourth-order valence-electron chi connectivity index (χ4n) is 2.85. The molecule has 3 nitrogen and oxygen atoms in total. The number of amides is 1. The summed E-state index contributed by atoms with van der Waals surface area (Å²) in [4.78, 5) is 12.9. The zero-order valence-corrected chi connectivity index (χ0v) is 12.2.